The molecule has 0 spiro atoms. The van der Waals surface area contributed by atoms with Crippen LogP contribution >= 0.6 is 11.3 Å². The molecule has 1 aromatic heterocycles. The molecule has 2 heterocycles. The molecule has 0 bridgehead atoms. The molecule has 0 fully saturated rings. The third-order valence-corrected chi connectivity index (χ3v) is 6.22. The second-order valence-corrected chi connectivity index (χ2v) is 7.75. The van der Waals surface area contributed by atoms with Crippen LogP contribution in [0.15, 0.2) is 29.8 Å². The quantitative estimate of drug-likeness (QED) is 0.578. The molecule has 0 saturated heterocycles. The maximum absolute atomic E-state index is 10.6. The maximum atomic E-state index is 10.6. The first-order chi connectivity index (χ1) is 11.5. The van der Waals surface area contributed by atoms with E-state index in [0.717, 1.165) is 12.8 Å². The van der Waals surface area contributed by atoms with Crippen LogP contribution in [0.3, 0.4) is 0 Å². The average molecular weight is 345 g/mol. The summed E-state index contributed by atoms with van der Waals surface area (Å²) in [4.78, 5) is 4.49. The normalized spacial score (nSPS) is 19.7. The Morgan fingerprint density at radius 2 is 2.21 bits per heavy atom. The van der Waals surface area contributed by atoms with E-state index in [2.05, 4.69) is 25.7 Å². The lowest BCUT2D eigenvalue weighted by Crippen LogP contribution is -2.41. The number of rotatable bonds is 4. The number of hydrogen-bond acceptors (Lipinski definition) is 5. The fourth-order valence-corrected chi connectivity index (χ4v) is 4.62. The first-order valence-electron chi connectivity index (χ1n) is 8.37. The molecule has 1 atom stereocenters. The zero-order valence-electron chi connectivity index (χ0n) is 14.0. The second-order valence-electron chi connectivity index (χ2n) is 6.61. The van der Waals surface area contributed by atoms with Crippen LogP contribution in [0.2, 0.25) is 0 Å². The van der Waals surface area contributed by atoms with E-state index in [0.29, 0.717) is 31.4 Å². The molecule has 128 valence electrons. The fourth-order valence-electron chi connectivity index (χ4n) is 3.33. The van der Waals surface area contributed by atoms with Gasteiger partial charge in [-0.05, 0) is 48.9 Å². The zero-order valence-corrected chi connectivity index (χ0v) is 14.9. The highest BCUT2D eigenvalue weighted by Crippen LogP contribution is 2.34. The predicted molar refractivity (Wildman–Crippen MR) is 99.7 cm³/mol. The van der Waals surface area contributed by atoms with Gasteiger partial charge in [0.1, 0.15) is 6.23 Å². The van der Waals surface area contributed by atoms with E-state index in [-0.39, 0.29) is 0 Å². The van der Waals surface area contributed by atoms with Crippen molar-refractivity contribution in [3.63, 3.8) is 0 Å². The Kier molecular flexibility index (Phi) is 5.42. The number of allylic oxidation sites excluding steroid dienone is 2. The Balaban J connectivity index is 1.71. The molecule has 3 rings (SSSR count). The minimum atomic E-state index is -1.38. The first kappa shape index (κ1) is 17.6. The van der Waals surface area contributed by atoms with Crippen LogP contribution in [0, 0.1) is 6.92 Å². The topological polar surface area (TPSA) is 63.9 Å². The average Bonchev–Trinajstić information content (AvgIpc) is 2.72. The summed E-state index contributed by atoms with van der Waals surface area (Å²) in [7, 11) is -1.38. The van der Waals surface area contributed by atoms with Gasteiger partial charge in [-0.2, -0.15) is 0 Å². The Hall–Kier alpha value is -1.18. The third kappa shape index (κ3) is 3.73. The van der Waals surface area contributed by atoms with Crippen LogP contribution < -0.4 is 0 Å². The number of nitrogens with zero attached hydrogens (tertiary/aromatic N) is 1. The summed E-state index contributed by atoms with van der Waals surface area (Å²) in [5, 5.41) is 29.0. The molecule has 4 nitrogen and oxygen atoms in total. The van der Waals surface area contributed by atoms with Crippen LogP contribution in [-0.4, -0.2) is 46.5 Å². The lowest BCUT2D eigenvalue weighted by atomic mass is 9.76. The van der Waals surface area contributed by atoms with Crippen LogP contribution in [0.4, 0.5) is 0 Å². The summed E-state index contributed by atoms with van der Waals surface area (Å²) in [6.45, 7) is 7.46. The van der Waals surface area contributed by atoms with Gasteiger partial charge in [0.2, 0.25) is 0 Å². The smallest absolute Gasteiger partial charge is 0.423 e. The molecule has 24 heavy (non-hydrogen) atoms. The first-order valence-corrected chi connectivity index (χ1v) is 9.19. The van der Waals surface area contributed by atoms with Gasteiger partial charge in [0.25, 0.3) is 0 Å². The van der Waals surface area contributed by atoms with Crippen LogP contribution in [-0.2, 0) is 12.8 Å². The van der Waals surface area contributed by atoms with Crippen LogP contribution in [0.1, 0.15) is 33.7 Å². The molecule has 1 aliphatic heterocycles. The molecule has 1 aromatic rings. The lowest BCUT2D eigenvalue weighted by Gasteiger charge is -2.30. The minimum Gasteiger partial charge on any atom is -0.423 e. The second kappa shape index (κ2) is 7.37. The Bertz CT molecular complexity index is 693. The van der Waals surface area contributed by atoms with Gasteiger partial charge in [-0.1, -0.05) is 24.3 Å². The van der Waals surface area contributed by atoms with E-state index in [4.69, 9.17) is 0 Å². The van der Waals surface area contributed by atoms with E-state index in [9.17, 15) is 15.2 Å². The van der Waals surface area contributed by atoms with Gasteiger partial charge in [0.05, 0.1) is 0 Å². The molecular weight excluding hydrogens is 321 g/mol. The highest BCUT2D eigenvalue weighted by atomic mass is 32.1. The minimum absolute atomic E-state index is 0.549. The van der Waals surface area contributed by atoms with Gasteiger partial charge in [-0.3, -0.25) is 4.90 Å². The molecule has 0 amide bonds. The molecule has 2 aliphatic rings. The van der Waals surface area contributed by atoms with Crippen molar-refractivity contribution in [1.29, 1.82) is 0 Å². The summed E-state index contributed by atoms with van der Waals surface area (Å²) >= 11 is 1.77. The molecule has 0 saturated carbocycles. The Morgan fingerprint density at radius 1 is 1.42 bits per heavy atom. The highest BCUT2D eigenvalue weighted by molar-refractivity contribution is 7.13. The summed E-state index contributed by atoms with van der Waals surface area (Å²) in [5.74, 6) is 0. The molecule has 3 N–H and O–H groups in total. The van der Waals surface area contributed by atoms with E-state index in [1.165, 1.54) is 26.5 Å². The third-order valence-electron chi connectivity index (χ3n) is 4.90. The molecule has 0 aromatic carbocycles. The van der Waals surface area contributed by atoms with Crippen molar-refractivity contribution in [3.05, 3.63) is 50.7 Å². The number of aliphatic hydroxyl groups is 1. The Morgan fingerprint density at radius 3 is 2.88 bits per heavy atom. The SMILES string of the molecule is C=C1CC=Cc2sc(CC(O)N3CC=C(B(O)O)CC3)c(C)c2C1. The van der Waals surface area contributed by atoms with Gasteiger partial charge in [0.15, 0.2) is 0 Å². The molecule has 0 radical (unpaired) electrons. The number of hydrogen-bond donors (Lipinski definition) is 3. The summed E-state index contributed by atoms with van der Waals surface area (Å²) in [6.07, 6.45) is 8.66. The molecule has 6 heteroatoms. The van der Waals surface area contributed by atoms with Gasteiger partial charge in [0, 0.05) is 29.3 Å². The van der Waals surface area contributed by atoms with Crippen LogP contribution in [0.25, 0.3) is 6.08 Å². The van der Waals surface area contributed by atoms with E-state index >= 15 is 0 Å². The van der Waals surface area contributed by atoms with Crippen molar-refractivity contribution in [1.82, 2.24) is 4.90 Å². The summed E-state index contributed by atoms with van der Waals surface area (Å²) in [6, 6.07) is 0. The van der Waals surface area contributed by atoms with Gasteiger partial charge in [-0.25, -0.2) is 0 Å². The van der Waals surface area contributed by atoms with Crippen molar-refractivity contribution in [2.24, 2.45) is 0 Å². The van der Waals surface area contributed by atoms with E-state index < -0.39 is 13.3 Å². The van der Waals surface area contributed by atoms with Crippen molar-refractivity contribution in [2.75, 3.05) is 13.1 Å². The fraction of sp³-hybridized carbons (Fsp3) is 0.444. The lowest BCUT2D eigenvalue weighted by molar-refractivity contribution is 0.0108. The van der Waals surface area contributed by atoms with Gasteiger partial charge < -0.3 is 15.2 Å². The largest absolute Gasteiger partial charge is 0.483 e. The van der Waals surface area contributed by atoms with Crippen LogP contribution in [0.5, 0.6) is 0 Å². The van der Waals surface area contributed by atoms with Gasteiger partial charge in [-0.15, -0.1) is 11.3 Å². The van der Waals surface area contributed by atoms with Gasteiger partial charge >= 0.3 is 7.12 Å². The molecule has 1 unspecified atom stereocenters. The summed E-state index contributed by atoms with van der Waals surface area (Å²) < 4.78 is 0. The summed E-state index contributed by atoms with van der Waals surface area (Å²) in [5.41, 5.74) is 4.50. The molecule has 1 aliphatic carbocycles. The van der Waals surface area contributed by atoms with Crippen molar-refractivity contribution >= 4 is 24.5 Å². The van der Waals surface area contributed by atoms with Crippen molar-refractivity contribution in [3.8, 4) is 0 Å². The zero-order chi connectivity index (χ0) is 17.3. The predicted octanol–water partition coefficient (Wildman–Crippen LogP) is 2.08. The van der Waals surface area contributed by atoms with Crippen molar-refractivity contribution < 1.29 is 15.2 Å². The number of thiophene rings is 1. The van der Waals surface area contributed by atoms with Crippen molar-refractivity contribution in [2.45, 2.75) is 38.8 Å². The Labute approximate surface area is 147 Å². The van der Waals surface area contributed by atoms with E-state index in [1.807, 2.05) is 4.90 Å². The maximum Gasteiger partial charge on any atom is 0.483 e. The number of fused-ring (bicyclic) bond motifs is 1. The molecular formula is C18H24BNO3S. The highest BCUT2D eigenvalue weighted by Gasteiger charge is 2.25. The van der Waals surface area contributed by atoms with E-state index in [1.54, 1.807) is 17.4 Å². The standard InChI is InChI=1S/C18H24BNO3S/c1-12-4-3-5-16-15(10-12)13(2)17(24-16)11-18(21)20-8-6-14(7-9-20)19(22)23/h3,5-6,18,21-23H,1,4,7-11H2,2H3. The number of aliphatic hydroxyl groups excluding tert-OH is 1. The monoisotopic (exact) mass is 345 g/mol.